The predicted molar refractivity (Wildman–Crippen MR) is 59.5 cm³/mol. The van der Waals surface area contributed by atoms with Crippen molar-refractivity contribution in [1.82, 2.24) is 14.8 Å². The van der Waals surface area contributed by atoms with Gasteiger partial charge in [-0.05, 0) is 6.07 Å². The van der Waals surface area contributed by atoms with E-state index in [1.165, 1.54) is 0 Å². The molecule has 0 saturated heterocycles. The fourth-order valence-electron chi connectivity index (χ4n) is 1.47. The average molecular weight is 256 g/mol. The van der Waals surface area contributed by atoms with Crippen molar-refractivity contribution < 1.29 is 13.2 Å². The number of halogens is 3. The predicted octanol–water partition coefficient (Wildman–Crippen LogP) is 1.89. The molecule has 0 bridgehead atoms. The van der Waals surface area contributed by atoms with Crippen molar-refractivity contribution in [2.75, 3.05) is 11.9 Å². The second-order valence-corrected chi connectivity index (χ2v) is 3.75. The van der Waals surface area contributed by atoms with Gasteiger partial charge in [0.15, 0.2) is 17.5 Å². The molecule has 0 aliphatic heterocycles. The number of hydrogen-bond donors (Lipinski definition) is 1. The molecule has 1 N–H and O–H groups in total. The van der Waals surface area contributed by atoms with Crippen LogP contribution in [0.2, 0.25) is 0 Å². The molecule has 4 nitrogen and oxygen atoms in total. The zero-order chi connectivity index (χ0) is 13.1. The highest BCUT2D eigenvalue weighted by atomic mass is 19.2. The molecule has 0 unspecified atom stereocenters. The van der Waals surface area contributed by atoms with E-state index in [4.69, 9.17) is 0 Å². The van der Waals surface area contributed by atoms with Gasteiger partial charge in [0, 0.05) is 32.3 Å². The van der Waals surface area contributed by atoms with Gasteiger partial charge in [0.25, 0.3) is 5.95 Å². The van der Waals surface area contributed by atoms with E-state index in [0.717, 1.165) is 5.69 Å². The monoisotopic (exact) mass is 256 g/mol. The summed E-state index contributed by atoms with van der Waals surface area (Å²) < 4.78 is 40.3. The van der Waals surface area contributed by atoms with Crippen molar-refractivity contribution in [1.29, 1.82) is 0 Å². The second kappa shape index (κ2) is 5.07. The minimum absolute atomic E-state index is 0.301. The van der Waals surface area contributed by atoms with Crippen LogP contribution in [0.15, 0.2) is 18.3 Å². The Bertz CT molecular complexity index is 553. The maximum absolute atomic E-state index is 13.2. The van der Waals surface area contributed by atoms with E-state index in [1.54, 1.807) is 17.9 Å². The van der Waals surface area contributed by atoms with Crippen molar-refractivity contribution >= 4 is 5.82 Å². The molecule has 0 fully saturated rings. The zero-order valence-corrected chi connectivity index (χ0v) is 9.62. The number of aryl methyl sites for hydroxylation is 1. The van der Waals surface area contributed by atoms with Crippen LogP contribution in [-0.4, -0.2) is 21.3 Å². The van der Waals surface area contributed by atoms with Gasteiger partial charge in [-0.1, -0.05) is 0 Å². The van der Waals surface area contributed by atoms with Crippen LogP contribution in [-0.2, 0) is 13.5 Å². The van der Waals surface area contributed by atoms with Gasteiger partial charge in [-0.3, -0.25) is 4.68 Å². The molecule has 0 amide bonds. The van der Waals surface area contributed by atoms with Crippen LogP contribution < -0.4 is 5.32 Å². The molecule has 2 aromatic rings. The van der Waals surface area contributed by atoms with Crippen LogP contribution in [0, 0.1) is 17.6 Å². The van der Waals surface area contributed by atoms with Gasteiger partial charge < -0.3 is 5.32 Å². The number of nitrogens with one attached hydrogen (secondary N) is 1. The third-order valence-corrected chi connectivity index (χ3v) is 2.33. The van der Waals surface area contributed by atoms with Crippen LogP contribution in [0.25, 0.3) is 0 Å². The van der Waals surface area contributed by atoms with Crippen molar-refractivity contribution in [3.05, 3.63) is 41.6 Å². The lowest BCUT2D eigenvalue weighted by atomic mass is 10.3. The number of aromatic nitrogens is 3. The number of hydrogen-bond acceptors (Lipinski definition) is 3. The van der Waals surface area contributed by atoms with Crippen molar-refractivity contribution in [2.24, 2.45) is 7.05 Å². The lowest BCUT2D eigenvalue weighted by Crippen LogP contribution is -2.10. The van der Waals surface area contributed by atoms with E-state index in [9.17, 15) is 13.2 Å². The second-order valence-electron chi connectivity index (χ2n) is 3.75. The molecule has 0 radical (unpaired) electrons. The molecule has 0 spiro atoms. The Morgan fingerprint density at radius 1 is 1.28 bits per heavy atom. The quantitative estimate of drug-likeness (QED) is 0.849. The molecular weight excluding hydrogens is 245 g/mol. The Morgan fingerprint density at radius 2 is 2.06 bits per heavy atom. The summed E-state index contributed by atoms with van der Waals surface area (Å²) in [7, 11) is 1.79. The summed E-state index contributed by atoms with van der Waals surface area (Å²) in [5, 5.41) is 6.72. The van der Waals surface area contributed by atoms with Crippen LogP contribution >= 0.6 is 0 Å². The fraction of sp³-hybridized carbons (Fsp3) is 0.273. The molecule has 0 saturated carbocycles. The van der Waals surface area contributed by atoms with E-state index < -0.39 is 17.6 Å². The highest BCUT2D eigenvalue weighted by Gasteiger charge is 2.11. The van der Waals surface area contributed by atoms with Crippen LogP contribution in [0.5, 0.6) is 0 Å². The Labute approximate surface area is 101 Å². The molecule has 96 valence electrons. The minimum Gasteiger partial charge on any atom is -0.367 e. The van der Waals surface area contributed by atoms with Crippen LogP contribution in [0.1, 0.15) is 5.69 Å². The van der Waals surface area contributed by atoms with Gasteiger partial charge in [-0.2, -0.15) is 14.5 Å². The Balaban J connectivity index is 1.96. The third-order valence-electron chi connectivity index (χ3n) is 2.33. The average Bonchev–Trinajstić information content (AvgIpc) is 2.71. The Hall–Kier alpha value is -2.05. The van der Waals surface area contributed by atoms with E-state index >= 15 is 0 Å². The molecule has 0 atom stereocenters. The summed E-state index contributed by atoms with van der Waals surface area (Å²) in [6.07, 6.45) is 2.31. The lowest BCUT2D eigenvalue weighted by molar-refractivity contribution is 0.466. The van der Waals surface area contributed by atoms with Crippen molar-refractivity contribution in [3.8, 4) is 0 Å². The minimum atomic E-state index is -1.32. The smallest absolute Gasteiger partial charge is 0.251 e. The third kappa shape index (κ3) is 2.79. The summed E-state index contributed by atoms with van der Waals surface area (Å²) in [4.78, 5) is 3.16. The molecule has 18 heavy (non-hydrogen) atoms. The highest BCUT2D eigenvalue weighted by molar-refractivity contribution is 5.36. The molecule has 0 aliphatic carbocycles. The molecule has 2 rings (SSSR count). The van der Waals surface area contributed by atoms with E-state index in [1.807, 2.05) is 6.07 Å². The first-order valence-electron chi connectivity index (χ1n) is 5.30. The van der Waals surface area contributed by atoms with Gasteiger partial charge in [0.05, 0.1) is 5.69 Å². The number of nitrogens with zero attached hydrogens (tertiary/aromatic N) is 3. The molecule has 2 aromatic heterocycles. The van der Waals surface area contributed by atoms with E-state index in [-0.39, 0.29) is 5.82 Å². The fourth-order valence-corrected chi connectivity index (χ4v) is 1.47. The lowest BCUT2D eigenvalue weighted by Gasteiger charge is -2.05. The van der Waals surface area contributed by atoms with E-state index in [2.05, 4.69) is 15.4 Å². The first kappa shape index (κ1) is 12.4. The first-order chi connectivity index (χ1) is 8.56. The standard InChI is InChI=1S/C11H11F3N4/c1-18-5-3-7(17-18)2-4-15-11-9(13)6-8(12)10(14)16-11/h3,5-6H,2,4H2,1H3,(H,15,16). The topological polar surface area (TPSA) is 42.7 Å². The summed E-state index contributed by atoms with van der Waals surface area (Å²) in [5.74, 6) is -3.85. The van der Waals surface area contributed by atoms with Crippen LogP contribution in [0.3, 0.4) is 0 Å². The highest BCUT2D eigenvalue weighted by Crippen LogP contribution is 2.14. The number of anilines is 1. The first-order valence-corrected chi connectivity index (χ1v) is 5.30. The molecule has 2 heterocycles. The normalized spacial score (nSPS) is 10.7. The van der Waals surface area contributed by atoms with Gasteiger partial charge in [-0.25, -0.2) is 8.78 Å². The van der Waals surface area contributed by atoms with E-state index in [0.29, 0.717) is 19.0 Å². The Kier molecular flexibility index (Phi) is 3.50. The summed E-state index contributed by atoms with van der Waals surface area (Å²) in [6.45, 7) is 0.325. The maximum atomic E-state index is 13.2. The van der Waals surface area contributed by atoms with Gasteiger partial charge in [0.2, 0.25) is 0 Å². The van der Waals surface area contributed by atoms with Crippen molar-refractivity contribution in [3.63, 3.8) is 0 Å². The largest absolute Gasteiger partial charge is 0.367 e. The van der Waals surface area contributed by atoms with Crippen molar-refractivity contribution in [2.45, 2.75) is 6.42 Å². The number of pyridine rings is 1. The van der Waals surface area contributed by atoms with Gasteiger partial charge in [-0.15, -0.1) is 0 Å². The SMILES string of the molecule is Cn1ccc(CCNc2nc(F)c(F)cc2F)n1. The Morgan fingerprint density at radius 3 is 2.72 bits per heavy atom. The summed E-state index contributed by atoms with van der Waals surface area (Å²) in [5.41, 5.74) is 0.813. The molecule has 0 aliphatic rings. The van der Waals surface area contributed by atoms with Crippen LogP contribution in [0.4, 0.5) is 19.0 Å². The molecule has 0 aromatic carbocycles. The summed E-state index contributed by atoms with van der Waals surface area (Å²) in [6, 6.07) is 2.28. The molecular formula is C11H11F3N4. The van der Waals surface area contributed by atoms with Gasteiger partial charge >= 0.3 is 0 Å². The van der Waals surface area contributed by atoms with Gasteiger partial charge in [0.1, 0.15) is 0 Å². The zero-order valence-electron chi connectivity index (χ0n) is 9.62. The number of rotatable bonds is 4. The summed E-state index contributed by atoms with van der Waals surface area (Å²) >= 11 is 0. The maximum Gasteiger partial charge on any atom is 0.251 e. The molecule has 7 heteroatoms.